The number of carbonyl (C=O) groups is 2. The molecule has 2 rings (SSSR count). The van der Waals surface area contributed by atoms with Crippen LogP contribution in [-0.2, 0) is 4.79 Å². The van der Waals surface area contributed by atoms with E-state index in [4.69, 9.17) is 23.2 Å². The van der Waals surface area contributed by atoms with E-state index >= 15 is 0 Å². The Kier molecular flexibility index (Phi) is 7.94. The summed E-state index contributed by atoms with van der Waals surface area (Å²) >= 11 is 11.8. The SMILES string of the molecule is CC(NC(=O)c1cccc(Cl)c1Cl)C(=O)NCC(O)c1ccc(OC(F)(F)F)cc1. The number of aliphatic hydroxyl groups excluding tert-OH is 1. The topological polar surface area (TPSA) is 87.7 Å². The van der Waals surface area contributed by atoms with Crippen LogP contribution in [0.1, 0.15) is 28.9 Å². The summed E-state index contributed by atoms with van der Waals surface area (Å²) in [5.74, 6) is -1.62. The van der Waals surface area contributed by atoms with Crippen molar-refractivity contribution >= 4 is 35.0 Å². The lowest BCUT2D eigenvalue weighted by molar-refractivity contribution is -0.274. The number of alkyl halides is 3. The normalized spacial score (nSPS) is 13.3. The van der Waals surface area contributed by atoms with Crippen molar-refractivity contribution in [2.75, 3.05) is 6.54 Å². The molecule has 0 saturated heterocycles. The van der Waals surface area contributed by atoms with Gasteiger partial charge >= 0.3 is 6.36 Å². The lowest BCUT2D eigenvalue weighted by Gasteiger charge is -2.17. The van der Waals surface area contributed by atoms with Crippen LogP contribution in [0.5, 0.6) is 5.75 Å². The zero-order valence-electron chi connectivity index (χ0n) is 15.5. The van der Waals surface area contributed by atoms with Gasteiger partial charge in [0.05, 0.1) is 21.7 Å². The highest BCUT2D eigenvalue weighted by Gasteiger charge is 2.31. The van der Waals surface area contributed by atoms with Crippen LogP contribution >= 0.6 is 23.2 Å². The average molecular weight is 465 g/mol. The van der Waals surface area contributed by atoms with Crippen molar-refractivity contribution in [3.8, 4) is 5.75 Å². The molecule has 0 bridgehead atoms. The first-order valence-electron chi connectivity index (χ1n) is 8.54. The summed E-state index contributed by atoms with van der Waals surface area (Å²) in [6.45, 7) is 1.21. The van der Waals surface area contributed by atoms with Crippen molar-refractivity contribution < 1.29 is 32.6 Å². The van der Waals surface area contributed by atoms with E-state index in [1.54, 1.807) is 0 Å². The van der Waals surface area contributed by atoms with Crippen LogP contribution in [-0.4, -0.2) is 35.9 Å². The molecule has 0 fully saturated rings. The highest BCUT2D eigenvalue weighted by atomic mass is 35.5. The molecule has 0 aromatic heterocycles. The fraction of sp³-hybridized carbons (Fsp3) is 0.263. The first kappa shape index (κ1) is 23.8. The molecule has 2 aromatic carbocycles. The molecule has 3 N–H and O–H groups in total. The molecule has 0 heterocycles. The molecular weight excluding hydrogens is 448 g/mol. The van der Waals surface area contributed by atoms with Gasteiger partial charge in [0, 0.05) is 6.54 Å². The van der Waals surface area contributed by atoms with Gasteiger partial charge in [0.25, 0.3) is 5.91 Å². The molecule has 0 aliphatic heterocycles. The Morgan fingerprint density at radius 2 is 1.77 bits per heavy atom. The Labute approximate surface area is 179 Å². The summed E-state index contributed by atoms with van der Waals surface area (Å²) in [5, 5.41) is 15.2. The van der Waals surface area contributed by atoms with Gasteiger partial charge < -0.3 is 20.5 Å². The molecule has 2 aromatic rings. The predicted molar refractivity (Wildman–Crippen MR) is 104 cm³/mol. The number of carbonyl (C=O) groups excluding carboxylic acids is 2. The third kappa shape index (κ3) is 6.79. The first-order chi connectivity index (χ1) is 14.0. The quantitative estimate of drug-likeness (QED) is 0.580. The molecule has 0 saturated carbocycles. The minimum Gasteiger partial charge on any atom is -0.406 e. The van der Waals surface area contributed by atoms with Gasteiger partial charge in [-0.3, -0.25) is 9.59 Å². The standard InChI is InChI=1S/C19H17Cl2F3N2O4/c1-10(26-18(29)13-3-2-4-14(20)16(13)21)17(28)25-9-15(27)11-5-7-12(8-6-11)30-19(22,23)24/h2-8,10,15,27H,9H2,1H3,(H,25,28)(H,26,29). The van der Waals surface area contributed by atoms with Crippen molar-refractivity contribution in [1.29, 1.82) is 0 Å². The number of halogens is 5. The summed E-state index contributed by atoms with van der Waals surface area (Å²) in [4.78, 5) is 24.4. The Balaban J connectivity index is 1.88. The number of hydrogen-bond acceptors (Lipinski definition) is 4. The summed E-state index contributed by atoms with van der Waals surface area (Å²) in [5.41, 5.74) is 0.372. The molecule has 6 nitrogen and oxygen atoms in total. The largest absolute Gasteiger partial charge is 0.573 e. The number of hydrogen-bond donors (Lipinski definition) is 3. The van der Waals surface area contributed by atoms with Gasteiger partial charge in [-0.1, -0.05) is 41.4 Å². The highest BCUT2D eigenvalue weighted by molar-refractivity contribution is 6.43. The Morgan fingerprint density at radius 1 is 1.13 bits per heavy atom. The van der Waals surface area contributed by atoms with E-state index in [2.05, 4.69) is 15.4 Å². The highest BCUT2D eigenvalue weighted by Crippen LogP contribution is 2.26. The summed E-state index contributed by atoms with van der Waals surface area (Å²) in [7, 11) is 0. The molecule has 0 spiro atoms. The van der Waals surface area contributed by atoms with Crippen LogP contribution in [0.2, 0.25) is 10.0 Å². The maximum atomic E-state index is 12.2. The van der Waals surface area contributed by atoms with Gasteiger partial charge in [0.15, 0.2) is 0 Å². The number of rotatable bonds is 7. The summed E-state index contributed by atoms with van der Waals surface area (Å²) < 4.78 is 40.2. The van der Waals surface area contributed by atoms with Gasteiger partial charge in [-0.05, 0) is 36.8 Å². The molecule has 2 amide bonds. The van der Waals surface area contributed by atoms with Gasteiger partial charge in [0.1, 0.15) is 11.8 Å². The van der Waals surface area contributed by atoms with Gasteiger partial charge in [-0.25, -0.2) is 0 Å². The van der Waals surface area contributed by atoms with E-state index in [1.807, 2.05) is 0 Å². The van der Waals surface area contributed by atoms with E-state index in [0.29, 0.717) is 0 Å². The second-order valence-corrected chi connectivity index (χ2v) is 6.96. The lowest BCUT2D eigenvalue weighted by Crippen LogP contribution is -2.45. The Bertz CT molecular complexity index is 908. The maximum absolute atomic E-state index is 12.2. The predicted octanol–water partition coefficient (Wildman–Crippen LogP) is 3.86. The molecule has 0 aliphatic rings. The molecule has 2 atom stereocenters. The number of benzene rings is 2. The smallest absolute Gasteiger partial charge is 0.406 e. The zero-order chi connectivity index (χ0) is 22.5. The average Bonchev–Trinajstić information content (AvgIpc) is 2.67. The fourth-order valence-corrected chi connectivity index (χ4v) is 2.77. The number of ether oxygens (including phenoxy) is 1. The molecular formula is C19H17Cl2F3N2O4. The van der Waals surface area contributed by atoms with E-state index in [9.17, 15) is 27.9 Å². The van der Waals surface area contributed by atoms with Crippen molar-refractivity contribution in [1.82, 2.24) is 10.6 Å². The van der Waals surface area contributed by atoms with Crippen LogP contribution in [0.4, 0.5) is 13.2 Å². The Hall–Kier alpha value is -2.49. The lowest BCUT2D eigenvalue weighted by atomic mass is 10.1. The molecule has 162 valence electrons. The third-order valence-corrected chi connectivity index (χ3v) is 4.72. The van der Waals surface area contributed by atoms with Crippen LogP contribution < -0.4 is 15.4 Å². The van der Waals surface area contributed by atoms with Crippen molar-refractivity contribution in [2.45, 2.75) is 25.4 Å². The number of amides is 2. The van der Waals surface area contributed by atoms with E-state index in [-0.39, 0.29) is 27.7 Å². The van der Waals surface area contributed by atoms with E-state index in [0.717, 1.165) is 12.1 Å². The molecule has 2 unspecified atom stereocenters. The monoisotopic (exact) mass is 464 g/mol. The van der Waals surface area contributed by atoms with Crippen LogP contribution in [0.3, 0.4) is 0 Å². The van der Waals surface area contributed by atoms with Crippen LogP contribution in [0.25, 0.3) is 0 Å². The zero-order valence-corrected chi connectivity index (χ0v) is 17.0. The van der Waals surface area contributed by atoms with Crippen molar-refractivity contribution in [3.05, 3.63) is 63.6 Å². The van der Waals surface area contributed by atoms with Gasteiger partial charge in [0.2, 0.25) is 5.91 Å². The molecule has 30 heavy (non-hydrogen) atoms. The summed E-state index contributed by atoms with van der Waals surface area (Å²) in [6, 6.07) is 8.12. The van der Waals surface area contributed by atoms with E-state index < -0.39 is 36.1 Å². The number of nitrogens with one attached hydrogen (secondary N) is 2. The minimum absolute atomic E-state index is 0.0534. The Morgan fingerprint density at radius 3 is 2.37 bits per heavy atom. The number of aliphatic hydroxyl groups is 1. The molecule has 0 aliphatic carbocycles. The first-order valence-corrected chi connectivity index (χ1v) is 9.30. The summed E-state index contributed by atoms with van der Waals surface area (Å²) in [6.07, 6.45) is -6.00. The van der Waals surface area contributed by atoms with Crippen LogP contribution in [0, 0.1) is 0 Å². The minimum atomic E-state index is -4.82. The molecule has 11 heteroatoms. The molecule has 0 radical (unpaired) electrons. The van der Waals surface area contributed by atoms with Crippen LogP contribution in [0.15, 0.2) is 42.5 Å². The second-order valence-electron chi connectivity index (χ2n) is 6.17. The fourth-order valence-electron chi connectivity index (χ4n) is 2.38. The van der Waals surface area contributed by atoms with Gasteiger partial charge in [-0.2, -0.15) is 0 Å². The van der Waals surface area contributed by atoms with Crippen molar-refractivity contribution in [3.63, 3.8) is 0 Å². The maximum Gasteiger partial charge on any atom is 0.573 e. The van der Waals surface area contributed by atoms with E-state index in [1.165, 1.54) is 37.3 Å². The third-order valence-electron chi connectivity index (χ3n) is 3.91. The second kappa shape index (κ2) is 10.0. The van der Waals surface area contributed by atoms with Gasteiger partial charge in [-0.15, -0.1) is 13.2 Å². The van der Waals surface area contributed by atoms with Crippen molar-refractivity contribution in [2.24, 2.45) is 0 Å².